The van der Waals surface area contributed by atoms with E-state index in [2.05, 4.69) is 38.2 Å². The summed E-state index contributed by atoms with van der Waals surface area (Å²) in [6, 6.07) is 0. The van der Waals surface area contributed by atoms with Gasteiger partial charge in [-0.2, -0.15) is 0 Å². The van der Waals surface area contributed by atoms with Crippen LogP contribution in [0.25, 0.3) is 0 Å². The molecule has 0 bridgehead atoms. The lowest BCUT2D eigenvalue weighted by Gasteiger charge is -2.32. The highest BCUT2D eigenvalue weighted by Gasteiger charge is 2.24. The van der Waals surface area contributed by atoms with Crippen LogP contribution in [0.15, 0.2) is 24.3 Å². The van der Waals surface area contributed by atoms with Crippen LogP contribution in [0.1, 0.15) is 97.3 Å². The molecule has 0 aliphatic heterocycles. The first-order valence-corrected chi connectivity index (χ1v) is 11.2. The van der Waals surface area contributed by atoms with E-state index in [4.69, 9.17) is 4.74 Å². The fourth-order valence-electron chi connectivity index (χ4n) is 4.79. The molecule has 144 valence electrons. The van der Waals surface area contributed by atoms with E-state index in [-0.39, 0.29) is 0 Å². The minimum absolute atomic E-state index is 0.533. The summed E-state index contributed by atoms with van der Waals surface area (Å²) >= 11 is 0. The van der Waals surface area contributed by atoms with Crippen molar-refractivity contribution in [1.29, 1.82) is 0 Å². The van der Waals surface area contributed by atoms with Gasteiger partial charge in [-0.1, -0.05) is 69.8 Å². The molecular formula is C24H42O. The van der Waals surface area contributed by atoms with Gasteiger partial charge in [0.1, 0.15) is 0 Å². The Balaban J connectivity index is 1.51. The maximum absolute atomic E-state index is 5.99. The molecule has 2 fully saturated rings. The SMILES string of the molecule is C/C=C/CC[C@H]1CC[C@H](CC[C@H]2CC[C@H](OC/C=C/CC)CC2)CC1. The van der Waals surface area contributed by atoms with Gasteiger partial charge < -0.3 is 4.74 Å². The third-order valence-corrected chi connectivity index (χ3v) is 6.55. The van der Waals surface area contributed by atoms with Crippen molar-refractivity contribution in [2.45, 2.75) is 103 Å². The van der Waals surface area contributed by atoms with Crippen molar-refractivity contribution >= 4 is 0 Å². The van der Waals surface area contributed by atoms with Crippen LogP contribution in [0.5, 0.6) is 0 Å². The van der Waals surface area contributed by atoms with Crippen LogP contribution in [0.2, 0.25) is 0 Å². The van der Waals surface area contributed by atoms with Crippen LogP contribution in [0.3, 0.4) is 0 Å². The van der Waals surface area contributed by atoms with Gasteiger partial charge in [0.25, 0.3) is 0 Å². The molecule has 0 amide bonds. The molecule has 2 saturated carbocycles. The van der Waals surface area contributed by atoms with Gasteiger partial charge in [0.05, 0.1) is 12.7 Å². The van der Waals surface area contributed by atoms with E-state index in [9.17, 15) is 0 Å². The molecule has 0 aromatic heterocycles. The second kappa shape index (κ2) is 12.7. The Morgan fingerprint density at radius 1 is 0.720 bits per heavy atom. The Hall–Kier alpha value is -0.560. The lowest BCUT2D eigenvalue weighted by molar-refractivity contribution is 0.0324. The molecule has 0 atom stereocenters. The maximum Gasteiger partial charge on any atom is 0.0651 e. The van der Waals surface area contributed by atoms with Crippen molar-refractivity contribution in [2.75, 3.05) is 6.61 Å². The van der Waals surface area contributed by atoms with Gasteiger partial charge >= 0.3 is 0 Å². The second-order valence-electron chi connectivity index (χ2n) is 8.47. The normalized spacial score (nSPS) is 31.1. The molecular weight excluding hydrogens is 304 g/mol. The lowest BCUT2D eigenvalue weighted by Crippen LogP contribution is -2.22. The lowest BCUT2D eigenvalue weighted by atomic mass is 9.76. The zero-order chi connectivity index (χ0) is 17.7. The summed E-state index contributed by atoms with van der Waals surface area (Å²) in [5, 5.41) is 0. The summed E-state index contributed by atoms with van der Waals surface area (Å²) < 4.78 is 5.99. The topological polar surface area (TPSA) is 9.23 Å². The number of rotatable bonds is 10. The predicted octanol–water partition coefficient (Wildman–Crippen LogP) is 7.47. The zero-order valence-corrected chi connectivity index (χ0v) is 16.9. The summed E-state index contributed by atoms with van der Waals surface area (Å²) in [6.07, 6.45) is 27.7. The minimum Gasteiger partial charge on any atom is -0.374 e. The first-order valence-electron chi connectivity index (χ1n) is 11.2. The van der Waals surface area contributed by atoms with Crippen LogP contribution >= 0.6 is 0 Å². The van der Waals surface area contributed by atoms with Gasteiger partial charge in [-0.05, 0) is 69.6 Å². The second-order valence-corrected chi connectivity index (χ2v) is 8.47. The van der Waals surface area contributed by atoms with Crippen molar-refractivity contribution < 1.29 is 4.74 Å². The van der Waals surface area contributed by atoms with Gasteiger partial charge in [0, 0.05) is 0 Å². The van der Waals surface area contributed by atoms with Crippen molar-refractivity contribution in [3.05, 3.63) is 24.3 Å². The van der Waals surface area contributed by atoms with Gasteiger partial charge in [-0.25, -0.2) is 0 Å². The highest BCUT2D eigenvalue weighted by molar-refractivity contribution is 4.82. The van der Waals surface area contributed by atoms with E-state index >= 15 is 0 Å². The molecule has 0 saturated heterocycles. The van der Waals surface area contributed by atoms with E-state index < -0.39 is 0 Å². The molecule has 0 N–H and O–H groups in total. The summed E-state index contributed by atoms with van der Waals surface area (Å²) in [6.45, 7) is 5.14. The Kier molecular flexibility index (Phi) is 10.6. The number of ether oxygens (including phenoxy) is 1. The molecule has 1 nitrogen and oxygen atoms in total. The molecule has 0 radical (unpaired) electrons. The molecule has 1 heteroatoms. The van der Waals surface area contributed by atoms with E-state index in [1.54, 1.807) is 0 Å². The first-order chi connectivity index (χ1) is 12.3. The summed E-state index contributed by atoms with van der Waals surface area (Å²) in [4.78, 5) is 0. The van der Waals surface area contributed by atoms with Crippen LogP contribution < -0.4 is 0 Å². The molecule has 0 aromatic rings. The highest BCUT2D eigenvalue weighted by Crippen LogP contribution is 2.37. The third kappa shape index (κ3) is 8.58. The quantitative estimate of drug-likeness (QED) is 0.373. The molecule has 2 aliphatic carbocycles. The van der Waals surface area contributed by atoms with Crippen LogP contribution in [0, 0.1) is 17.8 Å². The molecule has 2 aliphatic rings. The Morgan fingerprint density at radius 2 is 1.28 bits per heavy atom. The molecule has 0 aromatic carbocycles. The van der Waals surface area contributed by atoms with Crippen LogP contribution in [-0.4, -0.2) is 12.7 Å². The predicted molar refractivity (Wildman–Crippen MR) is 110 cm³/mol. The molecule has 2 rings (SSSR count). The summed E-state index contributed by atoms with van der Waals surface area (Å²) in [5.41, 5.74) is 0. The molecule has 0 unspecified atom stereocenters. The minimum atomic E-state index is 0.533. The van der Waals surface area contributed by atoms with E-state index in [1.165, 1.54) is 77.0 Å². The van der Waals surface area contributed by atoms with Gasteiger partial charge in [0.15, 0.2) is 0 Å². The van der Waals surface area contributed by atoms with E-state index in [1.807, 2.05) is 0 Å². The van der Waals surface area contributed by atoms with Crippen LogP contribution in [0.4, 0.5) is 0 Å². The third-order valence-electron chi connectivity index (χ3n) is 6.55. The summed E-state index contributed by atoms with van der Waals surface area (Å²) in [7, 11) is 0. The standard InChI is InChI=1S/C24H42O/c1-3-5-7-9-21-10-12-22(13-11-21)14-15-23-16-18-24(19-17-23)25-20-8-6-4-2/h3,5-6,8,21-24H,4,7,9-20H2,1-2H3/b5-3+,8-6+/t21-,22-,23-,24-. The van der Waals surface area contributed by atoms with E-state index in [0.29, 0.717) is 6.10 Å². The largest absolute Gasteiger partial charge is 0.374 e. The van der Waals surface area contributed by atoms with Gasteiger partial charge in [-0.3, -0.25) is 0 Å². The average molecular weight is 347 g/mol. The van der Waals surface area contributed by atoms with Crippen molar-refractivity contribution in [2.24, 2.45) is 17.8 Å². The molecule has 0 spiro atoms. The van der Waals surface area contributed by atoms with Gasteiger partial charge in [-0.15, -0.1) is 0 Å². The molecule has 0 heterocycles. The fraction of sp³-hybridized carbons (Fsp3) is 0.833. The maximum atomic E-state index is 5.99. The zero-order valence-electron chi connectivity index (χ0n) is 16.9. The van der Waals surface area contributed by atoms with Crippen LogP contribution in [-0.2, 0) is 4.74 Å². The number of hydrogen-bond acceptors (Lipinski definition) is 1. The summed E-state index contributed by atoms with van der Waals surface area (Å²) in [5.74, 6) is 3.03. The Bertz CT molecular complexity index is 368. The Labute approximate surface area is 157 Å². The fourth-order valence-corrected chi connectivity index (χ4v) is 4.79. The van der Waals surface area contributed by atoms with Crippen molar-refractivity contribution in [3.8, 4) is 0 Å². The van der Waals surface area contributed by atoms with Crippen molar-refractivity contribution in [1.82, 2.24) is 0 Å². The van der Waals surface area contributed by atoms with E-state index in [0.717, 1.165) is 30.8 Å². The van der Waals surface area contributed by atoms with Gasteiger partial charge in [0.2, 0.25) is 0 Å². The monoisotopic (exact) mass is 346 g/mol. The Morgan fingerprint density at radius 3 is 1.84 bits per heavy atom. The smallest absolute Gasteiger partial charge is 0.0651 e. The number of allylic oxidation sites excluding steroid dienone is 3. The first kappa shape index (κ1) is 20.7. The average Bonchev–Trinajstić information content (AvgIpc) is 2.66. The molecule has 25 heavy (non-hydrogen) atoms. The highest BCUT2D eigenvalue weighted by atomic mass is 16.5. The number of hydrogen-bond donors (Lipinski definition) is 0. The van der Waals surface area contributed by atoms with Crippen molar-refractivity contribution in [3.63, 3.8) is 0 Å².